The molecular weight excluding hydrogens is 657 g/mol. The third-order valence-corrected chi connectivity index (χ3v) is 7.52. The number of aromatic nitrogens is 3. The molecule has 0 fully saturated rings. The number of nitrogens with one attached hydrogen (secondary N) is 1. The first-order valence-corrected chi connectivity index (χ1v) is 14.7. The van der Waals surface area contributed by atoms with Crippen molar-refractivity contribution in [2.75, 3.05) is 52.5 Å². The van der Waals surface area contributed by atoms with Gasteiger partial charge in [-0.05, 0) is 50.1 Å². The molecule has 45 heavy (non-hydrogen) atoms. The summed E-state index contributed by atoms with van der Waals surface area (Å²) in [6, 6.07) is 6.76. The second-order valence-electron chi connectivity index (χ2n) is 9.86. The van der Waals surface area contributed by atoms with E-state index in [1.165, 1.54) is 25.7 Å². The first-order chi connectivity index (χ1) is 21.4. The van der Waals surface area contributed by atoms with E-state index in [1.54, 1.807) is 46.3 Å². The molecule has 12 nitrogen and oxygen atoms in total. The van der Waals surface area contributed by atoms with Gasteiger partial charge in [0.25, 0.3) is 0 Å². The highest BCUT2D eigenvalue weighted by Crippen LogP contribution is 2.33. The van der Waals surface area contributed by atoms with Gasteiger partial charge in [0.1, 0.15) is 41.4 Å². The van der Waals surface area contributed by atoms with Crippen LogP contribution in [0.3, 0.4) is 0 Å². The van der Waals surface area contributed by atoms with Crippen molar-refractivity contribution < 1.29 is 28.2 Å². The molecule has 244 valence electrons. The monoisotopic (exact) mass is 688 g/mol. The average Bonchev–Trinajstić information content (AvgIpc) is 3.51. The Bertz CT molecular complexity index is 1500. The van der Waals surface area contributed by atoms with Crippen LogP contribution in [0.4, 0.5) is 14.5 Å². The topological polar surface area (TPSA) is 128 Å². The quantitative estimate of drug-likeness (QED) is 0.0637. The van der Waals surface area contributed by atoms with Gasteiger partial charge in [0.05, 0.1) is 16.9 Å². The molecule has 1 atom stereocenters. The maximum absolute atomic E-state index is 14.2. The number of amidine groups is 1. The summed E-state index contributed by atoms with van der Waals surface area (Å²) in [6.45, 7) is 1.49. The minimum absolute atomic E-state index is 0.0631. The fourth-order valence-corrected chi connectivity index (χ4v) is 4.43. The normalized spacial score (nSPS) is 12.2. The summed E-state index contributed by atoms with van der Waals surface area (Å²) in [5, 5.41) is 18.5. The Hall–Kier alpha value is -3.56. The Morgan fingerprint density at radius 3 is 2.29 bits per heavy atom. The van der Waals surface area contributed by atoms with Gasteiger partial charge in [0.2, 0.25) is 18.2 Å². The van der Waals surface area contributed by atoms with Crippen molar-refractivity contribution in [2.24, 2.45) is 4.99 Å². The highest BCUT2D eigenvalue weighted by molar-refractivity contribution is 6.35. The van der Waals surface area contributed by atoms with Crippen LogP contribution in [0.5, 0.6) is 0 Å². The molecule has 0 aliphatic rings. The number of aliphatic hydroxyl groups excluding tert-OH is 1. The number of anilines is 1. The van der Waals surface area contributed by atoms with Crippen molar-refractivity contribution in [1.29, 1.82) is 0 Å². The van der Waals surface area contributed by atoms with E-state index in [9.17, 15) is 18.4 Å². The number of ether oxygens (including phenoxy) is 1. The minimum Gasteiger partial charge on any atom is -0.387 e. The fraction of sp³-hybridized carbons (Fsp3) is 0.393. The fourth-order valence-electron chi connectivity index (χ4n) is 3.94. The second kappa shape index (κ2) is 16.7. The van der Waals surface area contributed by atoms with E-state index < -0.39 is 36.2 Å². The van der Waals surface area contributed by atoms with E-state index in [-0.39, 0.29) is 28.1 Å². The van der Waals surface area contributed by atoms with Gasteiger partial charge < -0.3 is 19.6 Å². The standard InChI is InChI=1S/C28H33Cl3F2N8O4/c1-17(34-2)36-41(24-13-19(29)7-8-20(24)30)28(40-14-23(35-37-40)18-11-21(32)27(31)22(33)12-18)45-16-26(44)39(4)10-6-5-9-38(3)25(43)15-42/h7-8,11-14,28,42H,5-6,9-10,15-16H2,1-4H3,(H,34,36). The summed E-state index contributed by atoms with van der Waals surface area (Å²) in [6.07, 6.45) is 1.32. The van der Waals surface area contributed by atoms with E-state index in [2.05, 4.69) is 20.7 Å². The van der Waals surface area contributed by atoms with Gasteiger partial charge in [-0.1, -0.05) is 40.0 Å². The third kappa shape index (κ3) is 9.71. The molecule has 0 aliphatic carbocycles. The Labute approximate surface area is 274 Å². The van der Waals surface area contributed by atoms with Crippen molar-refractivity contribution in [1.82, 2.24) is 30.2 Å². The Morgan fingerprint density at radius 2 is 1.69 bits per heavy atom. The molecule has 0 saturated heterocycles. The summed E-state index contributed by atoms with van der Waals surface area (Å²) in [7, 11) is 4.76. The molecule has 1 unspecified atom stereocenters. The largest absolute Gasteiger partial charge is 0.387 e. The number of benzene rings is 2. The van der Waals surface area contributed by atoms with Crippen LogP contribution in [-0.4, -0.2) is 95.0 Å². The van der Waals surface area contributed by atoms with Crippen LogP contribution in [0.1, 0.15) is 26.1 Å². The van der Waals surface area contributed by atoms with Crippen LogP contribution in [0, 0.1) is 11.6 Å². The van der Waals surface area contributed by atoms with Crippen LogP contribution in [-0.2, 0) is 14.3 Å². The number of hydrazine groups is 1. The number of rotatable bonds is 14. The molecule has 3 rings (SSSR count). The Morgan fingerprint density at radius 1 is 1.07 bits per heavy atom. The van der Waals surface area contributed by atoms with Crippen LogP contribution in [0.2, 0.25) is 15.1 Å². The molecule has 2 aromatic carbocycles. The number of unbranched alkanes of at least 4 members (excludes halogenated alkanes) is 1. The predicted octanol–water partition coefficient (Wildman–Crippen LogP) is 4.40. The van der Waals surface area contributed by atoms with Gasteiger partial charge in [-0.15, -0.1) is 5.10 Å². The summed E-state index contributed by atoms with van der Waals surface area (Å²) < 4.78 is 35.8. The smallest absolute Gasteiger partial charge is 0.249 e. The lowest BCUT2D eigenvalue weighted by Crippen LogP contribution is -2.48. The average molecular weight is 690 g/mol. The van der Waals surface area contributed by atoms with Crippen LogP contribution < -0.4 is 10.4 Å². The third-order valence-electron chi connectivity index (χ3n) is 6.60. The zero-order valence-corrected chi connectivity index (χ0v) is 27.2. The molecule has 0 radical (unpaired) electrons. The van der Waals surface area contributed by atoms with Crippen molar-refractivity contribution in [3.05, 3.63) is 63.2 Å². The minimum atomic E-state index is -1.25. The second-order valence-corrected chi connectivity index (χ2v) is 11.1. The van der Waals surface area contributed by atoms with Crippen LogP contribution >= 0.6 is 34.8 Å². The molecule has 17 heteroatoms. The van der Waals surface area contributed by atoms with E-state index in [0.717, 1.165) is 12.1 Å². The first-order valence-electron chi connectivity index (χ1n) is 13.6. The summed E-state index contributed by atoms with van der Waals surface area (Å²) in [4.78, 5) is 31.7. The Kier molecular flexibility index (Phi) is 13.3. The predicted molar refractivity (Wildman–Crippen MR) is 168 cm³/mol. The van der Waals surface area contributed by atoms with Gasteiger partial charge >= 0.3 is 0 Å². The van der Waals surface area contributed by atoms with Crippen molar-refractivity contribution >= 4 is 58.1 Å². The lowest BCUT2D eigenvalue weighted by Gasteiger charge is -2.34. The molecule has 2 N–H and O–H groups in total. The highest BCUT2D eigenvalue weighted by atomic mass is 35.5. The summed E-state index contributed by atoms with van der Waals surface area (Å²) >= 11 is 18.5. The molecule has 2 amide bonds. The molecule has 0 aliphatic heterocycles. The number of amides is 2. The molecule has 0 spiro atoms. The zero-order chi connectivity index (χ0) is 33.3. The number of carbonyl (C=O) groups excluding carboxylic acids is 2. The number of hydrogen-bond acceptors (Lipinski definition) is 8. The van der Waals surface area contributed by atoms with Crippen molar-refractivity contribution in [3.8, 4) is 11.3 Å². The number of hydrogen-bond donors (Lipinski definition) is 2. The highest BCUT2D eigenvalue weighted by Gasteiger charge is 2.28. The van der Waals surface area contributed by atoms with Crippen LogP contribution in [0.15, 0.2) is 41.5 Å². The number of likely N-dealkylation sites (N-methyl/N-ethyl adjacent to an activating group) is 2. The molecule has 0 bridgehead atoms. The summed E-state index contributed by atoms with van der Waals surface area (Å²) in [5.74, 6) is -2.28. The molecule has 1 aromatic heterocycles. The van der Waals surface area contributed by atoms with E-state index >= 15 is 0 Å². The molecular formula is C28H33Cl3F2N8O4. The van der Waals surface area contributed by atoms with Gasteiger partial charge in [-0.25, -0.2) is 18.5 Å². The van der Waals surface area contributed by atoms with Gasteiger partial charge in [-0.2, -0.15) is 0 Å². The zero-order valence-electron chi connectivity index (χ0n) is 25.0. The number of nitrogens with zero attached hydrogens (tertiary/aromatic N) is 7. The molecule has 1 heterocycles. The van der Waals surface area contributed by atoms with E-state index in [1.807, 2.05) is 0 Å². The van der Waals surface area contributed by atoms with Gasteiger partial charge in [0, 0.05) is 44.8 Å². The lowest BCUT2D eigenvalue weighted by atomic mass is 10.1. The molecule has 3 aromatic rings. The number of halogens is 5. The summed E-state index contributed by atoms with van der Waals surface area (Å²) in [5.41, 5.74) is 3.54. The first kappa shape index (κ1) is 35.9. The SMILES string of the molecule is CN=C(C)NN(c1cc(Cl)ccc1Cl)C(OCC(=O)N(C)CCCCN(C)C(=O)CO)n1cc(-c2cc(F)c(Cl)c(F)c2)nn1. The Balaban J connectivity index is 1.90. The van der Waals surface area contributed by atoms with Gasteiger partial charge in [0.15, 0.2) is 0 Å². The number of aliphatic hydroxyl groups is 1. The van der Waals surface area contributed by atoms with E-state index in [4.69, 9.17) is 44.6 Å². The van der Waals surface area contributed by atoms with Gasteiger partial charge in [-0.3, -0.25) is 20.0 Å². The lowest BCUT2D eigenvalue weighted by molar-refractivity contribution is -0.140. The number of carbonyl (C=O) groups is 2. The number of aliphatic imine (C=N–C) groups is 1. The molecule has 0 saturated carbocycles. The maximum Gasteiger partial charge on any atom is 0.249 e. The van der Waals surface area contributed by atoms with Crippen LogP contribution in [0.25, 0.3) is 11.3 Å². The van der Waals surface area contributed by atoms with Crippen molar-refractivity contribution in [2.45, 2.75) is 26.1 Å². The van der Waals surface area contributed by atoms with E-state index in [0.29, 0.717) is 42.5 Å². The van der Waals surface area contributed by atoms with Crippen molar-refractivity contribution in [3.63, 3.8) is 0 Å². The maximum atomic E-state index is 14.2.